The number of halogens is 3. The third-order valence-electron chi connectivity index (χ3n) is 8.48. The van der Waals surface area contributed by atoms with Crippen molar-refractivity contribution in [2.45, 2.75) is 31.8 Å². The first-order valence-electron chi connectivity index (χ1n) is 18.9. The van der Waals surface area contributed by atoms with Crippen LogP contribution in [0.15, 0.2) is 78.9 Å². The monoisotopic (exact) mass is 907 g/mol. The Morgan fingerprint density at radius 3 is 1.50 bits per heavy atom. The lowest BCUT2D eigenvalue weighted by molar-refractivity contribution is -0.192. The molecule has 0 heterocycles. The normalized spacial score (nSPS) is 11.5. The molecule has 0 aromatic heterocycles. The zero-order chi connectivity index (χ0) is 47.8. The highest BCUT2D eigenvalue weighted by Gasteiger charge is 2.38. The smallest absolute Gasteiger partial charge is 0.489 e. The first-order chi connectivity index (χ1) is 30.1. The van der Waals surface area contributed by atoms with Gasteiger partial charge < -0.3 is 41.3 Å². The van der Waals surface area contributed by atoms with Crippen LogP contribution in [0, 0.1) is 0 Å². The minimum absolute atomic E-state index is 0.00527. The highest BCUT2D eigenvalue weighted by atomic mass is 19.4. The van der Waals surface area contributed by atoms with Gasteiger partial charge in [0, 0.05) is 38.3 Å². The van der Waals surface area contributed by atoms with Crippen molar-refractivity contribution >= 4 is 47.6 Å². The predicted molar refractivity (Wildman–Crippen MR) is 216 cm³/mol. The van der Waals surface area contributed by atoms with E-state index in [1.165, 1.54) is 17.0 Å². The van der Waals surface area contributed by atoms with Gasteiger partial charge in [-0.1, -0.05) is 54.6 Å². The van der Waals surface area contributed by atoms with Crippen molar-refractivity contribution in [1.82, 2.24) is 30.9 Å². The Bertz CT molecular complexity index is 1950. The molecule has 0 saturated carbocycles. The number of carbonyl (C=O) groups excluding carboxylic acids is 3. The second-order valence-electron chi connectivity index (χ2n) is 13.7. The lowest BCUT2D eigenvalue weighted by Gasteiger charge is -2.28. The van der Waals surface area contributed by atoms with Crippen LogP contribution in [0.2, 0.25) is 0 Å². The lowest BCUT2D eigenvalue weighted by atomic mass is 10.1. The summed E-state index contributed by atoms with van der Waals surface area (Å²) in [5.41, 5.74) is 13.3. The molecular weight excluding hydrogens is 859 g/mol. The van der Waals surface area contributed by atoms with E-state index in [1.54, 1.807) is 36.4 Å². The first kappa shape index (κ1) is 53.0. The van der Waals surface area contributed by atoms with Crippen LogP contribution in [-0.4, -0.2) is 159 Å². The zero-order valence-electron chi connectivity index (χ0n) is 34.0. The maximum atomic E-state index is 12.9. The fourth-order valence-electron chi connectivity index (χ4n) is 5.35. The Morgan fingerprint density at radius 2 is 1.05 bits per heavy atom. The molecule has 0 unspecified atom stereocenters. The number of nitrogens with two attached hydrogens (primary N) is 1. The Balaban J connectivity index is 0.00000185. The Labute approximate surface area is 363 Å². The molecule has 0 aliphatic carbocycles. The number of nitrogens with zero attached hydrogens (tertiary/aromatic N) is 3. The number of carboxylic acids is 5. The number of carboxylic acid groups (broad SMARTS) is 5. The summed E-state index contributed by atoms with van der Waals surface area (Å²) < 4.78 is 37.5. The Morgan fingerprint density at radius 1 is 0.594 bits per heavy atom. The number of hydrogen-bond acceptors (Lipinski definition) is 13. The molecule has 64 heavy (non-hydrogen) atoms. The summed E-state index contributed by atoms with van der Waals surface area (Å²) in [6, 6.07) is 22.1. The second kappa shape index (κ2) is 27.0. The molecule has 3 amide bonds. The maximum absolute atomic E-state index is 12.9. The summed E-state index contributed by atoms with van der Waals surface area (Å²) >= 11 is 0. The maximum Gasteiger partial charge on any atom is 0.490 e. The van der Waals surface area contributed by atoms with E-state index in [2.05, 4.69) is 16.2 Å². The molecule has 348 valence electrons. The average Bonchev–Trinajstić information content (AvgIpc) is 3.22. The van der Waals surface area contributed by atoms with Gasteiger partial charge in [-0.25, -0.2) is 4.79 Å². The van der Waals surface area contributed by atoms with Crippen LogP contribution in [0.25, 0.3) is 0 Å². The Hall–Kier alpha value is -7.15. The summed E-state index contributed by atoms with van der Waals surface area (Å²) in [4.78, 5) is 95.8. The molecule has 3 aromatic rings. The first-order valence-corrected chi connectivity index (χ1v) is 18.9. The van der Waals surface area contributed by atoms with Gasteiger partial charge in [-0.3, -0.25) is 59.1 Å². The SMILES string of the molecule is N[C@H](Cc1ccc(OCc2ccccc2)cc1)C(=O)NNC(=O)c1ccc(CNC(=O)CN(CCN(CC(=O)O)CC(=O)O)CCN(CC(=O)O)CC(=O)O)cc1.O=C(O)C(F)(F)F. The minimum Gasteiger partial charge on any atom is -0.489 e. The molecule has 0 saturated heterocycles. The molecule has 3 aromatic carbocycles. The fraction of sp³-hybridized carbons (Fsp3) is 0.350. The molecule has 21 nitrogen and oxygen atoms in total. The van der Waals surface area contributed by atoms with Gasteiger partial charge in [0.05, 0.1) is 38.8 Å². The topological polar surface area (TPSA) is 319 Å². The van der Waals surface area contributed by atoms with Crippen molar-refractivity contribution in [3.63, 3.8) is 0 Å². The third-order valence-corrected chi connectivity index (χ3v) is 8.48. The zero-order valence-corrected chi connectivity index (χ0v) is 34.0. The van der Waals surface area contributed by atoms with Gasteiger partial charge in [0.25, 0.3) is 11.8 Å². The molecule has 10 N–H and O–H groups in total. The number of amides is 3. The molecule has 24 heteroatoms. The molecule has 1 atom stereocenters. The molecule has 0 spiro atoms. The summed E-state index contributed by atoms with van der Waals surface area (Å²) in [5.74, 6) is -8.83. The molecule has 0 bridgehead atoms. The van der Waals surface area contributed by atoms with Crippen molar-refractivity contribution in [3.05, 3.63) is 101 Å². The van der Waals surface area contributed by atoms with E-state index in [4.69, 9.17) is 40.8 Å². The van der Waals surface area contributed by atoms with Crippen LogP contribution >= 0.6 is 0 Å². The number of hydrogen-bond donors (Lipinski definition) is 9. The predicted octanol–water partition coefficient (Wildman–Crippen LogP) is 0.0905. The van der Waals surface area contributed by atoms with Crippen molar-refractivity contribution in [3.8, 4) is 5.75 Å². The number of ether oxygens (including phenoxy) is 1. The minimum atomic E-state index is -5.08. The van der Waals surface area contributed by atoms with Crippen molar-refractivity contribution < 1.29 is 81.8 Å². The van der Waals surface area contributed by atoms with E-state index in [0.29, 0.717) is 17.9 Å². The van der Waals surface area contributed by atoms with E-state index < -0.39 is 86.0 Å². The van der Waals surface area contributed by atoms with E-state index in [9.17, 15) is 46.7 Å². The van der Waals surface area contributed by atoms with Gasteiger partial charge in [0.15, 0.2) is 0 Å². The largest absolute Gasteiger partial charge is 0.490 e. The fourth-order valence-corrected chi connectivity index (χ4v) is 5.35. The number of nitrogens with one attached hydrogen (secondary N) is 3. The van der Waals surface area contributed by atoms with Crippen LogP contribution in [0.4, 0.5) is 13.2 Å². The van der Waals surface area contributed by atoms with Crippen LogP contribution in [0.5, 0.6) is 5.75 Å². The van der Waals surface area contributed by atoms with Gasteiger partial charge in [0.1, 0.15) is 12.4 Å². The van der Waals surface area contributed by atoms with Crippen LogP contribution < -0.4 is 26.6 Å². The van der Waals surface area contributed by atoms with Crippen LogP contribution in [0.3, 0.4) is 0 Å². The van der Waals surface area contributed by atoms with Gasteiger partial charge in [-0.15, -0.1) is 0 Å². The molecular formula is C40H48F3N7O14. The van der Waals surface area contributed by atoms with E-state index in [0.717, 1.165) is 20.9 Å². The number of hydrazine groups is 1. The second-order valence-corrected chi connectivity index (χ2v) is 13.7. The van der Waals surface area contributed by atoms with E-state index >= 15 is 0 Å². The van der Waals surface area contributed by atoms with Gasteiger partial charge in [-0.05, 0) is 47.4 Å². The van der Waals surface area contributed by atoms with Crippen molar-refractivity contribution in [2.24, 2.45) is 5.73 Å². The lowest BCUT2D eigenvalue weighted by Crippen LogP contribution is -2.50. The number of benzene rings is 3. The van der Waals surface area contributed by atoms with E-state index in [-0.39, 0.29) is 51.3 Å². The summed E-state index contributed by atoms with van der Waals surface area (Å²) in [6.07, 6.45) is -4.87. The summed E-state index contributed by atoms with van der Waals surface area (Å²) in [6.45, 7) is -2.25. The summed E-state index contributed by atoms with van der Waals surface area (Å²) in [7, 11) is 0. The van der Waals surface area contributed by atoms with Gasteiger partial charge in [0.2, 0.25) is 5.91 Å². The number of carbonyl (C=O) groups is 8. The summed E-state index contributed by atoms with van der Waals surface area (Å²) in [5, 5.41) is 46.5. The van der Waals surface area contributed by atoms with Crippen LogP contribution in [-0.2, 0) is 53.1 Å². The molecule has 0 aliphatic heterocycles. The number of rotatable bonds is 25. The molecule has 0 aliphatic rings. The van der Waals surface area contributed by atoms with Crippen molar-refractivity contribution in [1.29, 1.82) is 0 Å². The third kappa shape index (κ3) is 22.6. The molecule has 3 rings (SSSR count). The van der Waals surface area contributed by atoms with E-state index in [1.807, 2.05) is 30.3 Å². The highest BCUT2D eigenvalue weighted by molar-refractivity contribution is 5.96. The van der Waals surface area contributed by atoms with Crippen LogP contribution in [0.1, 0.15) is 27.0 Å². The van der Waals surface area contributed by atoms with Gasteiger partial charge in [-0.2, -0.15) is 13.2 Å². The average molecular weight is 908 g/mol. The van der Waals surface area contributed by atoms with Crippen molar-refractivity contribution in [2.75, 3.05) is 58.9 Å². The number of alkyl halides is 3. The molecule has 0 radical (unpaired) electrons. The number of aliphatic carboxylic acids is 5. The standard InChI is InChI=1S/C38H47N7O12.C2HF3O2/c39-31(18-26-8-12-30(13-9-26)57-25-28-4-2-1-3-5-28)38(56)42-41-37(55)29-10-6-27(7-11-29)19-40-32(46)20-43(14-16-44(21-33(47)48)22-34(49)50)15-17-45(23-35(51)52)24-36(53)54;3-2(4,5)1(6)7/h1-13,31H,14-25,39H2,(H,40,46)(H,41,55)(H,42,56)(H,47,48)(H,49,50)(H,51,52)(H,53,54);(H,6,7)/t31-;/m1./s1. The quantitative estimate of drug-likeness (QED) is 0.0509. The van der Waals surface area contributed by atoms with Gasteiger partial charge >= 0.3 is 36.0 Å². The highest BCUT2D eigenvalue weighted by Crippen LogP contribution is 2.16. The molecule has 0 fully saturated rings. The Kier molecular flexibility index (Phi) is 22.4.